The number of non-ortho nitro benzene ring substituents is 1. The monoisotopic (exact) mass is 393 g/mol. The number of methoxy groups -OCH3 is 1. The summed E-state index contributed by atoms with van der Waals surface area (Å²) in [5, 5.41) is 13.7. The standard InChI is InChI=1S/C17H16ClN3O6/c1-9(16(22)20-14-7-10(18)3-6-15(14)26-2)27-17(23)12-8-11(21(24)25)4-5-13(12)19/h3-9H,19H2,1-2H3,(H,20,22)/t9-/m1/s1. The normalized spacial score (nSPS) is 11.4. The Morgan fingerprint density at radius 1 is 1.26 bits per heavy atom. The van der Waals surface area contributed by atoms with Gasteiger partial charge in [0.15, 0.2) is 6.10 Å². The van der Waals surface area contributed by atoms with Crippen LogP contribution in [0.25, 0.3) is 0 Å². The number of rotatable bonds is 6. The molecular weight excluding hydrogens is 378 g/mol. The molecule has 0 bridgehead atoms. The summed E-state index contributed by atoms with van der Waals surface area (Å²) in [5.41, 5.74) is 5.43. The van der Waals surface area contributed by atoms with Gasteiger partial charge in [0, 0.05) is 22.8 Å². The fourth-order valence-electron chi connectivity index (χ4n) is 2.12. The Morgan fingerprint density at radius 3 is 2.59 bits per heavy atom. The smallest absolute Gasteiger partial charge is 0.341 e. The molecule has 0 heterocycles. The highest BCUT2D eigenvalue weighted by Gasteiger charge is 2.23. The Morgan fingerprint density at radius 2 is 1.96 bits per heavy atom. The van der Waals surface area contributed by atoms with Crippen LogP contribution in [-0.4, -0.2) is 30.0 Å². The Bertz CT molecular complexity index is 902. The lowest BCUT2D eigenvalue weighted by Crippen LogP contribution is -2.30. The van der Waals surface area contributed by atoms with E-state index in [1.807, 2.05) is 0 Å². The lowest BCUT2D eigenvalue weighted by atomic mass is 10.1. The average molecular weight is 394 g/mol. The number of nitrogens with zero attached hydrogens (tertiary/aromatic N) is 1. The Hall–Kier alpha value is -3.33. The van der Waals surface area contributed by atoms with Gasteiger partial charge in [0.1, 0.15) is 5.75 Å². The molecule has 2 rings (SSSR count). The van der Waals surface area contributed by atoms with Gasteiger partial charge in [-0.1, -0.05) is 11.6 Å². The van der Waals surface area contributed by atoms with Gasteiger partial charge in [0.2, 0.25) is 0 Å². The lowest BCUT2D eigenvalue weighted by Gasteiger charge is -2.16. The zero-order chi connectivity index (χ0) is 20.1. The van der Waals surface area contributed by atoms with Crippen molar-refractivity contribution in [3.05, 3.63) is 57.1 Å². The van der Waals surface area contributed by atoms with E-state index in [0.29, 0.717) is 16.5 Å². The van der Waals surface area contributed by atoms with Crippen molar-refractivity contribution in [1.29, 1.82) is 0 Å². The Labute approximate surface area is 159 Å². The van der Waals surface area contributed by atoms with E-state index in [1.54, 1.807) is 12.1 Å². The van der Waals surface area contributed by atoms with Gasteiger partial charge < -0.3 is 20.5 Å². The SMILES string of the molecule is COc1ccc(Cl)cc1NC(=O)[C@@H](C)OC(=O)c1cc([N+](=O)[O-])ccc1N. The number of anilines is 2. The molecule has 0 aromatic heterocycles. The molecule has 0 fully saturated rings. The molecule has 10 heteroatoms. The number of nitrogens with one attached hydrogen (secondary N) is 1. The minimum atomic E-state index is -1.21. The fourth-order valence-corrected chi connectivity index (χ4v) is 2.30. The zero-order valence-electron chi connectivity index (χ0n) is 14.4. The quantitative estimate of drug-likeness (QED) is 0.333. The molecule has 2 aromatic rings. The maximum absolute atomic E-state index is 12.3. The number of ether oxygens (including phenoxy) is 2. The maximum atomic E-state index is 12.3. The van der Waals surface area contributed by atoms with Crippen molar-refractivity contribution in [1.82, 2.24) is 0 Å². The summed E-state index contributed by atoms with van der Waals surface area (Å²) in [6.45, 7) is 1.35. The van der Waals surface area contributed by atoms with E-state index in [-0.39, 0.29) is 16.9 Å². The number of hydrogen-bond donors (Lipinski definition) is 2. The summed E-state index contributed by atoms with van der Waals surface area (Å²) in [7, 11) is 1.42. The second-order valence-corrected chi connectivity index (χ2v) is 5.85. The molecule has 0 saturated heterocycles. The molecule has 0 radical (unpaired) electrons. The number of halogens is 1. The van der Waals surface area contributed by atoms with Crippen LogP contribution in [-0.2, 0) is 9.53 Å². The third kappa shape index (κ3) is 4.85. The highest BCUT2D eigenvalue weighted by Crippen LogP contribution is 2.28. The van der Waals surface area contributed by atoms with Gasteiger partial charge >= 0.3 is 5.97 Å². The number of carbonyl (C=O) groups excluding carboxylic acids is 2. The molecule has 9 nitrogen and oxygen atoms in total. The molecule has 142 valence electrons. The minimum Gasteiger partial charge on any atom is -0.495 e. The molecule has 0 saturated carbocycles. The van der Waals surface area contributed by atoms with Crippen molar-refractivity contribution in [2.45, 2.75) is 13.0 Å². The van der Waals surface area contributed by atoms with E-state index in [4.69, 9.17) is 26.8 Å². The third-order valence-corrected chi connectivity index (χ3v) is 3.78. The highest BCUT2D eigenvalue weighted by molar-refractivity contribution is 6.31. The van der Waals surface area contributed by atoms with Crippen LogP contribution >= 0.6 is 11.6 Å². The van der Waals surface area contributed by atoms with Gasteiger partial charge in [-0.05, 0) is 31.2 Å². The summed E-state index contributed by atoms with van der Waals surface area (Å²) in [5.74, 6) is -1.24. The van der Waals surface area contributed by atoms with Crippen LogP contribution < -0.4 is 15.8 Å². The Balaban J connectivity index is 2.13. The Kier molecular flexibility index (Phi) is 6.19. The number of nitrogens with two attached hydrogens (primary N) is 1. The lowest BCUT2D eigenvalue weighted by molar-refractivity contribution is -0.384. The first-order valence-electron chi connectivity index (χ1n) is 7.62. The minimum absolute atomic E-state index is 0.00489. The summed E-state index contributed by atoms with van der Waals surface area (Å²) in [6, 6.07) is 8.00. The zero-order valence-corrected chi connectivity index (χ0v) is 15.1. The predicted octanol–water partition coefficient (Wildman–Crippen LogP) is 3.02. The highest BCUT2D eigenvalue weighted by atomic mass is 35.5. The number of hydrogen-bond acceptors (Lipinski definition) is 7. The molecule has 1 amide bonds. The molecule has 0 aliphatic carbocycles. The predicted molar refractivity (Wildman–Crippen MR) is 99.0 cm³/mol. The van der Waals surface area contributed by atoms with Gasteiger partial charge in [-0.2, -0.15) is 0 Å². The second-order valence-electron chi connectivity index (χ2n) is 5.41. The van der Waals surface area contributed by atoms with Gasteiger partial charge in [0.25, 0.3) is 11.6 Å². The van der Waals surface area contributed by atoms with Crippen LogP contribution in [0.4, 0.5) is 17.1 Å². The maximum Gasteiger partial charge on any atom is 0.341 e. The van der Waals surface area contributed by atoms with Gasteiger partial charge in [-0.25, -0.2) is 4.79 Å². The number of benzene rings is 2. The van der Waals surface area contributed by atoms with Gasteiger partial charge in [-0.3, -0.25) is 14.9 Å². The first-order valence-corrected chi connectivity index (χ1v) is 8.00. The summed E-state index contributed by atoms with van der Waals surface area (Å²) in [6.07, 6.45) is -1.21. The molecule has 2 aromatic carbocycles. The van der Waals surface area contributed by atoms with E-state index in [2.05, 4.69) is 5.32 Å². The van der Waals surface area contributed by atoms with Crippen LogP contribution in [0.5, 0.6) is 5.75 Å². The summed E-state index contributed by atoms with van der Waals surface area (Å²) >= 11 is 5.90. The largest absolute Gasteiger partial charge is 0.495 e. The number of carbonyl (C=O) groups is 2. The van der Waals surface area contributed by atoms with Gasteiger partial charge in [-0.15, -0.1) is 0 Å². The van der Waals surface area contributed by atoms with E-state index in [9.17, 15) is 19.7 Å². The first kappa shape index (κ1) is 20.0. The summed E-state index contributed by atoms with van der Waals surface area (Å²) in [4.78, 5) is 34.7. The number of nitrogen functional groups attached to an aromatic ring is 1. The first-order chi connectivity index (χ1) is 12.7. The fraction of sp³-hybridized carbons (Fsp3) is 0.176. The van der Waals surface area contributed by atoms with Crippen molar-refractivity contribution >= 4 is 40.5 Å². The topological polar surface area (TPSA) is 134 Å². The van der Waals surface area contributed by atoms with Crippen LogP contribution in [0.1, 0.15) is 17.3 Å². The van der Waals surface area contributed by atoms with E-state index >= 15 is 0 Å². The number of amides is 1. The molecule has 0 spiro atoms. The van der Waals surface area contributed by atoms with Gasteiger partial charge in [0.05, 0.1) is 23.3 Å². The average Bonchev–Trinajstić information content (AvgIpc) is 2.61. The molecule has 0 unspecified atom stereocenters. The molecule has 0 aliphatic rings. The molecule has 0 aliphatic heterocycles. The molecule has 3 N–H and O–H groups in total. The van der Waals surface area contributed by atoms with Crippen molar-refractivity contribution < 1.29 is 24.0 Å². The van der Waals surface area contributed by atoms with E-state index in [0.717, 1.165) is 12.1 Å². The van der Waals surface area contributed by atoms with Crippen LogP contribution in [0.15, 0.2) is 36.4 Å². The van der Waals surface area contributed by atoms with Crippen LogP contribution in [0.2, 0.25) is 5.02 Å². The van der Waals surface area contributed by atoms with Crippen molar-refractivity contribution in [3.63, 3.8) is 0 Å². The van der Waals surface area contributed by atoms with E-state index in [1.165, 1.54) is 26.2 Å². The number of esters is 1. The number of nitro groups is 1. The third-order valence-electron chi connectivity index (χ3n) is 3.54. The second kappa shape index (κ2) is 8.37. The summed E-state index contributed by atoms with van der Waals surface area (Å²) < 4.78 is 10.2. The van der Waals surface area contributed by atoms with Crippen molar-refractivity contribution in [2.75, 3.05) is 18.2 Å². The molecular formula is C17H16ClN3O6. The van der Waals surface area contributed by atoms with Crippen molar-refractivity contribution in [2.24, 2.45) is 0 Å². The van der Waals surface area contributed by atoms with Crippen LogP contribution in [0, 0.1) is 10.1 Å². The molecule has 1 atom stereocenters. The van der Waals surface area contributed by atoms with Crippen LogP contribution in [0.3, 0.4) is 0 Å². The number of nitro benzene ring substituents is 1. The van der Waals surface area contributed by atoms with E-state index < -0.39 is 22.9 Å². The molecule has 27 heavy (non-hydrogen) atoms. The van der Waals surface area contributed by atoms with Crippen molar-refractivity contribution in [3.8, 4) is 5.75 Å².